The minimum atomic E-state index is 0.788. The molecular weight excluding hydrogens is 348 g/mol. The number of aromatic nitrogens is 4. The molecule has 0 amide bonds. The third-order valence-corrected chi connectivity index (χ3v) is 6.99. The van der Waals surface area contributed by atoms with Gasteiger partial charge in [-0.3, -0.25) is 0 Å². The lowest BCUT2D eigenvalue weighted by Gasteiger charge is -2.28. The van der Waals surface area contributed by atoms with Gasteiger partial charge in [0.15, 0.2) is 5.82 Å². The highest BCUT2D eigenvalue weighted by Gasteiger charge is 2.40. The van der Waals surface area contributed by atoms with E-state index < -0.39 is 0 Å². The molecule has 0 spiro atoms. The Balaban J connectivity index is 1.23. The van der Waals surface area contributed by atoms with Crippen LogP contribution in [0.4, 0.5) is 5.82 Å². The monoisotopic (exact) mass is 380 g/mol. The van der Waals surface area contributed by atoms with Gasteiger partial charge in [-0.2, -0.15) is 5.10 Å². The van der Waals surface area contributed by atoms with Gasteiger partial charge in [0.2, 0.25) is 0 Å². The van der Waals surface area contributed by atoms with E-state index in [4.69, 9.17) is 0 Å². The predicted molar refractivity (Wildman–Crippen MR) is 111 cm³/mol. The minimum Gasteiger partial charge on any atom is -0.356 e. The standard InChI is InChI=1S/C22H32N6/c1-16-8-17(2)28(25-16)22-9-21(23-15-24-22)27-13-19-11-26(12-20(19)14-27)10-18-6-4-3-5-7-18/h8-9,15,18-20H,3-7,10-14H2,1-2H3. The molecule has 4 heterocycles. The van der Waals surface area contributed by atoms with Gasteiger partial charge in [0.25, 0.3) is 0 Å². The number of fused-ring (bicyclic) bond motifs is 1. The highest BCUT2D eigenvalue weighted by Crippen LogP contribution is 2.35. The maximum atomic E-state index is 4.58. The normalized spacial score (nSPS) is 26.1. The van der Waals surface area contributed by atoms with Crippen LogP contribution in [0.3, 0.4) is 0 Å². The smallest absolute Gasteiger partial charge is 0.159 e. The summed E-state index contributed by atoms with van der Waals surface area (Å²) in [5, 5.41) is 4.57. The predicted octanol–water partition coefficient (Wildman–Crippen LogP) is 3.23. The first-order chi connectivity index (χ1) is 13.7. The molecule has 0 N–H and O–H groups in total. The van der Waals surface area contributed by atoms with Crippen LogP contribution in [-0.2, 0) is 0 Å². The molecule has 0 bridgehead atoms. The van der Waals surface area contributed by atoms with Crippen molar-refractivity contribution in [3.05, 3.63) is 29.8 Å². The number of anilines is 1. The van der Waals surface area contributed by atoms with Gasteiger partial charge in [-0.05, 0) is 50.5 Å². The number of hydrogen-bond acceptors (Lipinski definition) is 5. The quantitative estimate of drug-likeness (QED) is 0.815. The van der Waals surface area contributed by atoms with Crippen molar-refractivity contribution in [1.29, 1.82) is 0 Å². The Morgan fingerprint density at radius 3 is 2.29 bits per heavy atom. The van der Waals surface area contributed by atoms with Crippen molar-refractivity contribution < 1.29 is 0 Å². The first kappa shape index (κ1) is 18.1. The highest BCUT2D eigenvalue weighted by atomic mass is 15.3. The van der Waals surface area contributed by atoms with Crippen molar-refractivity contribution in [1.82, 2.24) is 24.6 Å². The second-order valence-electron chi connectivity index (χ2n) is 9.22. The summed E-state index contributed by atoms with van der Waals surface area (Å²) in [5.41, 5.74) is 2.13. The summed E-state index contributed by atoms with van der Waals surface area (Å²) in [7, 11) is 0. The molecule has 2 saturated heterocycles. The van der Waals surface area contributed by atoms with Crippen LogP contribution in [0, 0.1) is 31.6 Å². The zero-order valence-electron chi connectivity index (χ0n) is 17.2. The van der Waals surface area contributed by atoms with E-state index >= 15 is 0 Å². The fraction of sp³-hybridized carbons (Fsp3) is 0.682. The van der Waals surface area contributed by atoms with Crippen LogP contribution >= 0.6 is 0 Å². The van der Waals surface area contributed by atoms with Gasteiger partial charge < -0.3 is 9.80 Å². The number of aryl methyl sites for hydroxylation is 2. The van der Waals surface area contributed by atoms with E-state index in [0.29, 0.717) is 0 Å². The molecule has 0 radical (unpaired) electrons. The number of nitrogens with zero attached hydrogens (tertiary/aromatic N) is 6. The van der Waals surface area contributed by atoms with Crippen molar-refractivity contribution in [2.45, 2.75) is 46.0 Å². The largest absolute Gasteiger partial charge is 0.356 e. The molecule has 150 valence electrons. The molecule has 28 heavy (non-hydrogen) atoms. The summed E-state index contributed by atoms with van der Waals surface area (Å²) in [4.78, 5) is 14.3. The van der Waals surface area contributed by atoms with E-state index in [-0.39, 0.29) is 0 Å². The summed E-state index contributed by atoms with van der Waals surface area (Å²) < 4.78 is 1.92. The van der Waals surface area contributed by atoms with Crippen LogP contribution in [0.5, 0.6) is 0 Å². The second-order valence-corrected chi connectivity index (χ2v) is 9.22. The van der Waals surface area contributed by atoms with Gasteiger partial charge in [0, 0.05) is 44.5 Å². The van der Waals surface area contributed by atoms with Gasteiger partial charge in [-0.15, -0.1) is 0 Å². The molecule has 2 aliphatic heterocycles. The number of likely N-dealkylation sites (tertiary alicyclic amines) is 1. The lowest BCUT2D eigenvalue weighted by molar-refractivity contribution is 0.224. The van der Waals surface area contributed by atoms with Crippen molar-refractivity contribution in [2.24, 2.45) is 17.8 Å². The Morgan fingerprint density at radius 2 is 1.61 bits per heavy atom. The average Bonchev–Trinajstić information content (AvgIpc) is 3.35. The van der Waals surface area contributed by atoms with E-state index in [2.05, 4.69) is 43.9 Å². The zero-order chi connectivity index (χ0) is 19.1. The SMILES string of the molecule is Cc1cc(C)n(-c2cc(N3CC4CN(CC5CCCCC5)CC4C3)ncn2)n1. The highest BCUT2D eigenvalue weighted by molar-refractivity contribution is 5.45. The summed E-state index contributed by atoms with van der Waals surface area (Å²) in [6.45, 7) is 10.2. The van der Waals surface area contributed by atoms with Crippen molar-refractivity contribution >= 4 is 5.82 Å². The molecule has 3 fully saturated rings. The zero-order valence-corrected chi connectivity index (χ0v) is 17.2. The van der Waals surface area contributed by atoms with Gasteiger partial charge in [-0.25, -0.2) is 14.6 Å². The molecule has 1 aliphatic carbocycles. The first-order valence-corrected chi connectivity index (χ1v) is 11.0. The van der Waals surface area contributed by atoms with Crippen LogP contribution in [0.2, 0.25) is 0 Å². The Kier molecular flexibility index (Phi) is 4.83. The maximum absolute atomic E-state index is 4.58. The Hall–Kier alpha value is -1.95. The molecule has 2 unspecified atom stereocenters. The third-order valence-electron chi connectivity index (χ3n) is 6.99. The van der Waals surface area contributed by atoms with Gasteiger partial charge >= 0.3 is 0 Å². The van der Waals surface area contributed by atoms with E-state index in [0.717, 1.165) is 53.9 Å². The molecule has 5 rings (SSSR count). The molecule has 1 saturated carbocycles. The molecule has 2 aromatic rings. The van der Waals surface area contributed by atoms with E-state index in [1.165, 1.54) is 51.7 Å². The first-order valence-electron chi connectivity index (χ1n) is 11.0. The average molecular weight is 381 g/mol. The van der Waals surface area contributed by atoms with E-state index in [1.54, 1.807) is 6.33 Å². The summed E-state index contributed by atoms with van der Waals surface area (Å²) >= 11 is 0. The molecule has 2 atom stereocenters. The van der Waals surface area contributed by atoms with Gasteiger partial charge in [0.1, 0.15) is 12.1 Å². The molecule has 2 aromatic heterocycles. The molecule has 3 aliphatic rings. The fourth-order valence-corrected chi connectivity index (χ4v) is 5.65. The summed E-state index contributed by atoms with van der Waals surface area (Å²) in [5.74, 6) is 4.44. The number of rotatable bonds is 4. The van der Waals surface area contributed by atoms with Crippen molar-refractivity contribution in [2.75, 3.05) is 37.6 Å². The van der Waals surface area contributed by atoms with Crippen molar-refractivity contribution in [3.63, 3.8) is 0 Å². The Labute approximate surface area is 168 Å². The van der Waals surface area contributed by atoms with Crippen molar-refractivity contribution in [3.8, 4) is 5.82 Å². The van der Waals surface area contributed by atoms with Crippen LogP contribution < -0.4 is 4.90 Å². The Morgan fingerprint density at radius 1 is 0.893 bits per heavy atom. The molecule has 6 nitrogen and oxygen atoms in total. The molecular formula is C22H32N6. The number of hydrogen-bond donors (Lipinski definition) is 0. The fourth-order valence-electron chi connectivity index (χ4n) is 5.65. The second kappa shape index (κ2) is 7.47. The lowest BCUT2D eigenvalue weighted by atomic mass is 9.89. The van der Waals surface area contributed by atoms with Crippen LogP contribution in [0.15, 0.2) is 18.5 Å². The van der Waals surface area contributed by atoms with Crippen LogP contribution in [0.25, 0.3) is 5.82 Å². The summed E-state index contributed by atoms with van der Waals surface area (Å²) in [6.07, 6.45) is 8.94. The maximum Gasteiger partial charge on any atom is 0.159 e. The van der Waals surface area contributed by atoms with E-state index in [9.17, 15) is 0 Å². The molecule has 6 heteroatoms. The topological polar surface area (TPSA) is 50.1 Å². The van der Waals surface area contributed by atoms with Gasteiger partial charge in [-0.1, -0.05) is 19.3 Å². The van der Waals surface area contributed by atoms with E-state index in [1.807, 2.05) is 11.6 Å². The van der Waals surface area contributed by atoms with Gasteiger partial charge in [0.05, 0.1) is 5.69 Å². The van der Waals surface area contributed by atoms with Crippen LogP contribution in [-0.4, -0.2) is 57.4 Å². The minimum absolute atomic E-state index is 0.788. The summed E-state index contributed by atoms with van der Waals surface area (Å²) in [6, 6.07) is 4.18. The van der Waals surface area contributed by atoms with Crippen LogP contribution in [0.1, 0.15) is 43.5 Å². The Bertz CT molecular complexity index is 810. The lowest BCUT2D eigenvalue weighted by Crippen LogP contribution is -2.33. The third kappa shape index (κ3) is 3.54. The molecule has 0 aromatic carbocycles.